The first-order chi connectivity index (χ1) is 13.1. The summed E-state index contributed by atoms with van der Waals surface area (Å²) in [5.74, 6) is 0.366. The molecule has 1 saturated heterocycles. The molecule has 6 heteroatoms. The average molecular weight is 422 g/mol. The van der Waals surface area contributed by atoms with E-state index >= 15 is 0 Å². The predicted molar refractivity (Wildman–Crippen MR) is 121 cm³/mol. The van der Waals surface area contributed by atoms with Crippen LogP contribution in [-0.2, 0) is 11.1 Å². The third kappa shape index (κ3) is 3.66. The molecule has 0 spiro atoms. The quantitative estimate of drug-likeness (QED) is 0.520. The van der Waals surface area contributed by atoms with Crippen LogP contribution in [0, 0.1) is 5.92 Å². The summed E-state index contributed by atoms with van der Waals surface area (Å²) in [6.07, 6.45) is 0.954. The van der Waals surface area contributed by atoms with Gasteiger partial charge < -0.3 is 15.7 Å². The van der Waals surface area contributed by atoms with Crippen molar-refractivity contribution in [1.29, 1.82) is 0 Å². The van der Waals surface area contributed by atoms with E-state index in [-0.39, 0.29) is 16.3 Å². The lowest BCUT2D eigenvalue weighted by atomic mass is 9.87. The molecule has 2 aliphatic rings. The zero-order valence-corrected chi connectivity index (χ0v) is 20.1. The molecule has 0 aliphatic carbocycles. The fourth-order valence-electron chi connectivity index (χ4n) is 5.46. The van der Waals surface area contributed by atoms with Gasteiger partial charge in [0.1, 0.15) is 0 Å². The minimum Gasteiger partial charge on any atom is -0.315 e. The van der Waals surface area contributed by atoms with Gasteiger partial charge in [0.2, 0.25) is 0 Å². The van der Waals surface area contributed by atoms with E-state index in [1.54, 1.807) is 0 Å². The molecule has 3 N–H and O–H groups in total. The van der Waals surface area contributed by atoms with Gasteiger partial charge in [-0.05, 0) is 91.0 Å². The second-order valence-corrected chi connectivity index (χ2v) is 11.7. The van der Waals surface area contributed by atoms with Crippen LogP contribution in [0.3, 0.4) is 0 Å². The molecule has 29 heavy (non-hydrogen) atoms. The van der Waals surface area contributed by atoms with Crippen LogP contribution in [0.2, 0.25) is 0 Å². The van der Waals surface area contributed by atoms with Crippen LogP contribution in [0.5, 0.6) is 0 Å². The predicted octanol–water partition coefficient (Wildman–Crippen LogP) is 4.69. The topological polar surface area (TPSA) is 59.0 Å². The summed E-state index contributed by atoms with van der Waals surface area (Å²) in [4.78, 5) is 0. The van der Waals surface area contributed by atoms with Crippen LogP contribution in [0.25, 0.3) is 0 Å². The molecule has 5 nitrogen and oxygen atoms in total. The Bertz CT molecular complexity index is 775. The Morgan fingerprint density at radius 3 is 2.14 bits per heavy atom. The Kier molecular flexibility index (Phi) is 5.73. The number of fused-ring (bicyclic) bond motifs is 1. The lowest BCUT2D eigenvalue weighted by Gasteiger charge is -2.36. The van der Waals surface area contributed by atoms with E-state index in [0.29, 0.717) is 5.92 Å². The summed E-state index contributed by atoms with van der Waals surface area (Å²) in [5, 5.41) is 27.8. The molecule has 1 aromatic rings. The molecule has 1 fully saturated rings. The Morgan fingerprint density at radius 1 is 1.00 bits per heavy atom. The van der Waals surface area contributed by atoms with Gasteiger partial charge in [0.05, 0.1) is 11.1 Å². The van der Waals surface area contributed by atoms with Gasteiger partial charge in [-0.25, -0.2) is 0 Å². The first-order valence-corrected chi connectivity index (χ1v) is 11.2. The smallest absolute Gasteiger partial charge is 0.0665 e. The number of benzene rings is 1. The summed E-state index contributed by atoms with van der Waals surface area (Å²) in [6.45, 7) is 18.2. The standard InChI is InChI=1S/C23H39N3O2S/c1-20(2)12-16(21(3,4)25(20)27)13-24-14-19(29)15-9-10-17-18(11-15)23(7,8)26(28)22(17,5)6/h9-11,16,19,24,27-29H,12-14H2,1-8H3. The fraction of sp³-hybridized carbons (Fsp3) is 0.739. The van der Waals surface area contributed by atoms with E-state index in [2.05, 4.69) is 78.9 Å². The first-order valence-electron chi connectivity index (χ1n) is 10.7. The molecule has 0 aromatic heterocycles. The maximum Gasteiger partial charge on any atom is 0.0665 e. The van der Waals surface area contributed by atoms with Gasteiger partial charge in [-0.2, -0.15) is 22.8 Å². The third-order valence-electron chi connectivity index (χ3n) is 7.40. The maximum absolute atomic E-state index is 10.7. The van der Waals surface area contributed by atoms with E-state index in [1.165, 1.54) is 15.7 Å². The normalized spacial score (nSPS) is 28.4. The minimum atomic E-state index is -0.431. The van der Waals surface area contributed by atoms with E-state index < -0.39 is 11.1 Å². The second-order valence-electron chi connectivity index (χ2n) is 11.1. The Balaban J connectivity index is 1.68. The second kappa shape index (κ2) is 7.21. The van der Waals surface area contributed by atoms with Crippen molar-refractivity contribution >= 4 is 12.6 Å². The number of hydrogen-bond acceptors (Lipinski definition) is 6. The molecule has 164 valence electrons. The van der Waals surface area contributed by atoms with Crippen molar-refractivity contribution in [3.05, 3.63) is 34.9 Å². The van der Waals surface area contributed by atoms with Gasteiger partial charge in [-0.1, -0.05) is 18.2 Å². The number of nitrogens with one attached hydrogen (secondary N) is 1. The molecule has 2 unspecified atom stereocenters. The molecule has 2 aliphatic heterocycles. The average Bonchev–Trinajstić information content (AvgIpc) is 2.87. The summed E-state index contributed by atoms with van der Waals surface area (Å²) >= 11 is 4.86. The fourth-order valence-corrected chi connectivity index (χ4v) is 5.75. The van der Waals surface area contributed by atoms with Crippen LogP contribution >= 0.6 is 12.6 Å². The van der Waals surface area contributed by atoms with Crippen LogP contribution in [0.4, 0.5) is 0 Å². The molecule has 0 bridgehead atoms. The summed E-state index contributed by atoms with van der Waals surface area (Å²) in [6, 6.07) is 6.47. The van der Waals surface area contributed by atoms with Crippen LogP contribution < -0.4 is 5.32 Å². The highest BCUT2D eigenvalue weighted by atomic mass is 32.1. The minimum absolute atomic E-state index is 0.0645. The highest BCUT2D eigenvalue weighted by Crippen LogP contribution is 2.49. The van der Waals surface area contributed by atoms with Gasteiger partial charge >= 0.3 is 0 Å². The first kappa shape index (κ1) is 23.0. The van der Waals surface area contributed by atoms with E-state index in [9.17, 15) is 10.4 Å². The molecule has 3 rings (SSSR count). The molecule has 1 aromatic carbocycles. The number of hydroxylamine groups is 4. The molecular weight excluding hydrogens is 382 g/mol. The van der Waals surface area contributed by atoms with E-state index in [1.807, 2.05) is 0 Å². The zero-order chi connectivity index (χ0) is 22.0. The van der Waals surface area contributed by atoms with Crippen molar-refractivity contribution < 1.29 is 10.4 Å². The molecule has 0 radical (unpaired) electrons. The highest BCUT2D eigenvalue weighted by molar-refractivity contribution is 7.80. The number of nitrogens with zero attached hydrogens (tertiary/aromatic N) is 2. The molecule has 0 amide bonds. The van der Waals surface area contributed by atoms with Crippen LogP contribution in [-0.4, -0.2) is 44.7 Å². The van der Waals surface area contributed by atoms with Gasteiger partial charge in [0.15, 0.2) is 0 Å². The molecule has 0 saturated carbocycles. The third-order valence-corrected chi connectivity index (χ3v) is 7.88. The van der Waals surface area contributed by atoms with Gasteiger partial charge in [-0.15, -0.1) is 0 Å². The number of hydrogen-bond donors (Lipinski definition) is 4. The lowest BCUT2D eigenvalue weighted by Crippen LogP contribution is -2.48. The Labute approximate surface area is 181 Å². The number of thiol groups is 1. The summed E-state index contributed by atoms with van der Waals surface area (Å²) < 4.78 is 0. The zero-order valence-electron chi connectivity index (χ0n) is 19.2. The van der Waals surface area contributed by atoms with Crippen LogP contribution in [0.15, 0.2) is 18.2 Å². The van der Waals surface area contributed by atoms with E-state index in [0.717, 1.165) is 30.6 Å². The molecular formula is C23H39N3O2S. The SMILES string of the molecule is CC1(C)CC(CNCC(S)c2ccc3c(c2)C(C)(C)N(O)C3(C)C)C(C)(C)N1O. The van der Waals surface area contributed by atoms with Crippen molar-refractivity contribution in [2.45, 2.75) is 89.2 Å². The largest absolute Gasteiger partial charge is 0.315 e. The number of rotatable bonds is 5. The molecule has 2 heterocycles. The Morgan fingerprint density at radius 2 is 1.59 bits per heavy atom. The van der Waals surface area contributed by atoms with Gasteiger partial charge in [-0.3, -0.25) is 0 Å². The van der Waals surface area contributed by atoms with Gasteiger partial charge in [0.25, 0.3) is 0 Å². The Hall–Kier alpha value is -0.630. The van der Waals surface area contributed by atoms with Crippen LogP contribution in [0.1, 0.15) is 83.8 Å². The monoisotopic (exact) mass is 421 g/mol. The van der Waals surface area contributed by atoms with Crippen molar-refractivity contribution in [1.82, 2.24) is 15.4 Å². The van der Waals surface area contributed by atoms with Gasteiger partial charge in [0, 0.05) is 22.9 Å². The van der Waals surface area contributed by atoms with E-state index in [4.69, 9.17) is 12.6 Å². The van der Waals surface area contributed by atoms with Crippen molar-refractivity contribution in [2.24, 2.45) is 5.92 Å². The summed E-state index contributed by atoms with van der Waals surface area (Å²) in [5.41, 5.74) is 2.20. The van der Waals surface area contributed by atoms with Crippen molar-refractivity contribution in [3.8, 4) is 0 Å². The lowest BCUT2D eigenvalue weighted by molar-refractivity contribution is -0.216. The highest BCUT2D eigenvalue weighted by Gasteiger charge is 2.51. The molecule has 2 atom stereocenters. The van der Waals surface area contributed by atoms with Crippen molar-refractivity contribution in [2.75, 3.05) is 13.1 Å². The maximum atomic E-state index is 10.7. The van der Waals surface area contributed by atoms with Crippen molar-refractivity contribution in [3.63, 3.8) is 0 Å². The summed E-state index contributed by atoms with van der Waals surface area (Å²) in [7, 11) is 0.